The van der Waals surface area contributed by atoms with Gasteiger partial charge in [-0.05, 0) is 37.1 Å². The summed E-state index contributed by atoms with van der Waals surface area (Å²) in [6.45, 7) is 4.38. The summed E-state index contributed by atoms with van der Waals surface area (Å²) in [4.78, 5) is 2.89. The molecule has 0 aromatic heterocycles. The molecule has 0 bridgehead atoms. The first kappa shape index (κ1) is 12.8. The van der Waals surface area contributed by atoms with Gasteiger partial charge in [-0.3, -0.25) is 0 Å². The van der Waals surface area contributed by atoms with Gasteiger partial charge in [-0.2, -0.15) is 0 Å². The first-order chi connectivity index (χ1) is 8.27. The molecular formula is C14H16S2Si. The van der Waals surface area contributed by atoms with Crippen molar-refractivity contribution in [3.05, 3.63) is 59.7 Å². The minimum atomic E-state index is -0.195. The van der Waals surface area contributed by atoms with E-state index in [1.54, 1.807) is 0 Å². The SMILES string of the molecule is Cc1ccccc1S[SiH2]Sc1ccccc1C. The molecular weight excluding hydrogens is 260 g/mol. The third-order valence-corrected chi connectivity index (χ3v) is 9.08. The second-order valence-corrected chi connectivity index (χ2v) is 10.2. The largest absolute Gasteiger partial charge is 0.158 e. The fourth-order valence-electron chi connectivity index (χ4n) is 1.59. The fraction of sp³-hybridized carbons (Fsp3) is 0.143. The summed E-state index contributed by atoms with van der Waals surface area (Å²) in [6.07, 6.45) is 0. The Morgan fingerprint density at radius 1 is 0.706 bits per heavy atom. The molecule has 0 saturated carbocycles. The van der Waals surface area contributed by atoms with Crippen LogP contribution in [0.1, 0.15) is 11.1 Å². The van der Waals surface area contributed by atoms with Gasteiger partial charge >= 0.3 is 0 Å². The number of hydrogen-bond acceptors (Lipinski definition) is 2. The first-order valence-electron chi connectivity index (χ1n) is 5.64. The van der Waals surface area contributed by atoms with Crippen LogP contribution in [0.4, 0.5) is 0 Å². The normalized spacial score (nSPS) is 10.5. The van der Waals surface area contributed by atoms with Crippen LogP contribution < -0.4 is 0 Å². The average molecular weight is 277 g/mol. The van der Waals surface area contributed by atoms with Gasteiger partial charge in [0.15, 0.2) is 7.82 Å². The lowest BCUT2D eigenvalue weighted by Crippen LogP contribution is -1.84. The van der Waals surface area contributed by atoms with Crippen LogP contribution in [-0.2, 0) is 0 Å². The molecule has 2 aromatic carbocycles. The van der Waals surface area contributed by atoms with Crippen molar-refractivity contribution >= 4 is 30.2 Å². The Balaban J connectivity index is 1.93. The molecule has 0 saturated heterocycles. The molecule has 0 aliphatic heterocycles. The van der Waals surface area contributed by atoms with Crippen LogP contribution in [0.5, 0.6) is 0 Å². The predicted molar refractivity (Wildman–Crippen MR) is 82.6 cm³/mol. The van der Waals surface area contributed by atoms with E-state index < -0.39 is 0 Å². The molecule has 3 heteroatoms. The molecule has 0 amide bonds. The molecule has 0 spiro atoms. The molecule has 0 nitrogen and oxygen atoms in total. The van der Waals surface area contributed by atoms with Gasteiger partial charge in [-0.15, -0.1) is 22.4 Å². The van der Waals surface area contributed by atoms with Crippen molar-refractivity contribution in [1.29, 1.82) is 0 Å². The van der Waals surface area contributed by atoms with Crippen molar-refractivity contribution in [2.75, 3.05) is 0 Å². The maximum Gasteiger partial charge on any atom is 0.158 e. The smallest absolute Gasteiger partial charge is 0.145 e. The molecule has 0 unspecified atom stereocenters. The Morgan fingerprint density at radius 3 is 1.53 bits per heavy atom. The second kappa shape index (κ2) is 6.33. The first-order valence-corrected chi connectivity index (χ1v) is 11.1. The Labute approximate surface area is 113 Å². The van der Waals surface area contributed by atoms with Crippen LogP contribution in [0.2, 0.25) is 0 Å². The van der Waals surface area contributed by atoms with E-state index in [4.69, 9.17) is 0 Å². The average Bonchev–Trinajstić information content (AvgIpc) is 2.34. The summed E-state index contributed by atoms with van der Waals surface area (Å²) in [7, 11) is -0.195. The monoisotopic (exact) mass is 276 g/mol. The Morgan fingerprint density at radius 2 is 1.12 bits per heavy atom. The highest BCUT2D eigenvalue weighted by atomic mass is 32.6. The summed E-state index contributed by atoms with van der Waals surface area (Å²) in [5, 5.41) is 0. The highest BCUT2D eigenvalue weighted by molar-refractivity contribution is 8.50. The lowest BCUT2D eigenvalue weighted by atomic mass is 10.2. The summed E-state index contributed by atoms with van der Waals surface area (Å²) >= 11 is 4.10. The highest BCUT2D eigenvalue weighted by Gasteiger charge is 2.01. The van der Waals surface area contributed by atoms with Crippen LogP contribution in [-0.4, -0.2) is 7.82 Å². The fourth-order valence-corrected chi connectivity index (χ4v) is 8.54. The maximum atomic E-state index is 2.23. The molecule has 17 heavy (non-hydrogen) atoms. The highest BCUT2D eigenvalue weighted by Crippen LogP contribution is 2.28. The number of rotatable bonds is 4. The Kier molecular flexibility index (Phi) is 4.77. The van der Waals surface area contributed by atoms with Crippen LogP contribution in [0.25, 0.3) is 0 Å². The lowest BCUT2D eigenvalue weighted by molar-refractivity contribution is 1.31. The van der Waals surface area contributed by atoms with Gasteiger partial charge in [0.2, 0.25) is 0 Å². The molecule has 0 fully saturated rings. The Bertz CT molecular complexity index is 452. The van der Waals surface area contributed by atoms with Crippen LogP contribution >= 0.6 is 22.4 Å². The summed E-state index contributed by atoms with van der Waals surface area (Å²) in [6, 6.07) is 17.3. The molecule has 0 atom stereocenters. The van der Waals surface area contributed by atoms with Gasteiger partial charge < -0.3 is 0 Å². The lowest BCUT2D eigenvalue weighted by Gasteiger charge is -2.06. The van der Waals surface area contributed by atoms with Crippen molar-refractivity contribution in [2.45, 2.75) is 23.6 Å². The van der Waals surface area contributed by atoms with Crippen LogP contribution in [0.3, 0.4) is 0 Å². The number of benzene rings is 2. The number of hydrogen-bond donors (Lipinski definition) is 0. The molecule has 0 radical (unpaired) electrons. The number of aryl methyl sites for hydroxylation is 2. The van der Waals surface area contributed by atoms with E-state index in [1.165, 1.54) is 20.9 Å². The molecule has 0 heterocycles. The molecule has 0 N–H and O–H groups in total. The topological polar surface area (TPSA) is 0 Å². The van der Waals surface area contributed by atoms with Crippen molar-refractivity contribution in [3.8, 4) is 0 Å². The molecule has 2 aromatic rings. The minimum Gasteiger partial charge on any atom is -0.145 e. The van der Waals surface area contributed by atoms with Gasteiger partial charge in [0.1, 0.15) is 0 Å². The van der Waals surface area contributed by atoms with Crippen LogP contribution in [0, 0.1) is 13.8 Å². The summed E-state index contributed by atoms with van der Waals surface area (Å²) in [5.41, 5.74) is 2.80. The van der Waals surface area contributed by atoms with Gasteiger partial charge in [0.25, 0.3) is 0 Å². The zero-order valence-corrected chi connectivity index (χ0v) is 13.2. The third kappa shape index (κ3) is 3.66. The molecule has 0 aliphatic carbocycles. The van der Waals surface area contributed by atoms with Gasteiger partial charge in [0.05, 0.1) is 0 Å². The summed E-state index contributed by atoms with van der Waals surface area (Å²) < 4.78 is 0. The molecule has 2 rings (SSSR count). The van der Waals surface area contributed by atoms with E-state index in [0.29, 0.717) is 0 Å². The summed E-state index contributed by atoms with van der Waals surface area (Å²) in [5.74, 6) is 0. The van der Waals surface area contributed by atoms with E-state index >= 15 is 0 Å². The van der Waals surface area contributed by atoms with Crippen molar-refractivity contribution in [3.63, 3.8) is 0 Å². The van der Waals surface area contributed by atoms with E-state index in [-0.39, 0.29) is 7.82 Å². The maximum absolute atomic E-state index is 2.23. The van der Waals surface area contributed by atoms with E-state index in [2.05, 4.69) is 84.8 Å². The molecule has 0 aliphatic rings. The van der Waals surface area contributed by atoms with Crippen molar-refractivity contribution in [2.24, 2.45) is 0 Å². The van der Waals surface area contributed by atoms with Gasteiger partial charge in [-0.25, -0.2) is 0 Å². The zero-order valence-electron chi connectivity index (χ0n) is 10.1. The van der Waals surface area contributed by atoms with E-state index in [0.717, 1.165) is 0 Å². The van der Waals surface area contributed by atoms with Crippen molar-refractivity contribution < 1.29 is 0 Å². The van der Waals surface area contributed by atoms with E-state index in [1.807, 2.05) is 0 Å². The second-order valence-electron chi connectivity index (χ2n) is 3.94. The minimum absolute atomic E-state index is 0.195. The third-order valence-electron chi connectivity index (χ3n) is 2.62. The van der Waals surface area contributed by atoms with Gasteiger partial charge in [0, 0.05) is 9.79 Å². The van der Waals surface area contributed by atoms with E-state index in [9.17, 15) is 0 Å². The van der Waals surface area contributed by atoms with Crippen molar-refractivity contribution in [1.82, 2.24) is 0 Å². The predicted octanol–water partition coefficient (Wildman–Crippen LogP) is 4.19. The van der Waals surface area contributed by atoms with Crippen LogP contribution in [0.15, 0.2) is 58.3 Å². The Hall–Kier alpha value is -0.643. The molecule has 88 valence electrons. The standard InChI is InChI=1S/C14H16S2Si/c1-11-7-3-5-9-13(11)15-17-16-14-10-6-4-8-12(14)2/h3-10H,17H2,1-2H3. The quantitative estimate of drug-likeness (QED) is 0.768. The zero-order chi connectivity index (χ0) is 12.1. The van der Waals surface area contributed by atoms with Gasteiger partial charge in [-0.1, -0.05) is 36.4 Å².